The van der Waals surface area contributed by atoms with Crippen LogP contribution < -0.4 is 14.2 Å². The van der Waals surface area contributed by atoms with Crippen molar-refractivity contribution < 1.29 is 23.5 Å². The van der Waals surface area contributed by atoms with E-state index in [1.165, 1.54) is 0 Å². The first kappa shape index (κ1) is 20.2. The lowest BCUT2D eigenvalue weighted by atomic mass is 10.1. The zero-order valence-electron chi connectivity index (χ0n) is 17.1. The third kappa shape index (κ3) is 4.56. The van der Waals surface area contributed by atoms with E-state index in [0.717, 1.165) is 11.1 Å². The van der Waals surface area contributed by atoms with Crippen molar-refractivity contribution in [3.63, 3.8) is 0 Å². The predicted molar refractivity (Wildman–Crippen MR) is 115 cm³/mol. The predicted octanol–water partition coefficient (Wildman–Crippen LogP) is 4.68. The van der Waals surface area contributed by atoms with Crippen LogP contribution in [0.2, 0.25) is 0 Å². The van der Waals surface area contributed by atoms with Crippen molar-refractivity contribution in [1.82, 2.24) is 10.1 Å². The third-order valence-corrected chi connectivity index (χ3v) is 4.63. The molecule has 1 heterocycles. The Labute approximate surface area is 179 Å². The first-order valence-corrected chi connectivity index (χ1v) is 9.55. The molecule has 0 radical (unpaired) electrons. The SMILES string of the molecule is COc1ccc(-c2nc(-c3ccc(OCC(=O)c4ccccc4)cc3)no2)cc1OC. The number of aromatic nitrogens is 2. The molecule has 0 bridgehead atoms. The summed E-state index contributed by atoms with van der Waals surface area (Å²) in [4.78, 5) is 16.6. The molecule has 1 aromatic heterocycles. The number of nitrogens with zero attached hydrogens (tertiary/aromatic N) is 2. The van der Waals surface area contributed by atoms with Crippen LogP contribution in [-0.4, -0.2) is 36.8 Å². The van der Waals surface area contributed by atoms with Crippen LogP contribution in [0.25, 0.3) is 22.8 Å². The molecule has 156 valence electrons. The minimum atomic E-state index is -0.0811. The summed E-state index contributed by atoms with van der Waals surface area (Å²) in [7, 11) is 3.14. The van der Waals surface area contributed by atoms with E-state index < -0.39 is 0 Å². The van der Waals surface area contributed by atoms with Gasteiger partial charge in [0.2, 0.25) is 5.82 Å². The third-order valence-electron chi connectivity index (χ3n) is 4.63. The quantitative estimate of drug-likeness (QED) is 0.386. The Morgan fingerprint density at radius 3 is 2.29 bits per heavy atom. The summed E-state index contributed by atoms with van der Waals surface area (Å²) in [6, 6.07) is 21.6. The Balaban J connectivity index is 1.44. The summed E-state index contributed by atoms with van der Waals surface area (Å²) in [5.74, 6) is 2.50. The van der Waals surface area contributed by atoms with E-state index in [1.54, 1.807) is 50.6 Å². The lowest BCUT2D eigenvalue weighted by Gasteiger charge is -2.07. The second-order valence-corrected chi connectivity index (χ2v) is 6.60. The molecule has 4 aromatic rings. The molecule has 0 atom stereocenters. The second-order valence-electron chi connectivity index (χ2n) is 6.60. The van der Waals surface area contributed by atoms with Gasteiger partial charge in [-0.1, -0.05) is 35.5 Å². The Morgan fingerprint density at radius 1 is 0.871 bits per heavy atom. The monoisotopic (exact) mass is 416 g/mol. The number of carbonyl (C=O) groups is 1. The molecule has 0 aliphatic heterocycles. The fourth-order valence-corrected chi connectivity index (χ4v) is 2.98. The highest BCUT2D eigenvalue weighted by Crippen LogP contribution is 2.32. The molecule has 0 fully saturated rings. The molecular weight excluding hydrogens is 396 g/mol. The van der Waals surface area contributed by atoms with Crippen molar-refractivity contribution in [3.8, 4) is 40.1 Å². The van der Waals surface area contributed by atoms with Crippen LogP contribution in [0.1, 0.15) is 10.4 Å². The Morgan fingerprint density at radius 2 is 1.58 bits per heavy atom. The highest BCUT2D eigenvalue weighted by atomic mass is 16.5. The van der Waals surface area contributed by atoms with Crippen LogP contribution in [-0.2, 0) is 0 Å². The Hall–Kier alpha value is -4.13. The number of hydrogen-bond donors (Lipinski definition) is 0. The molecule has 3 aromatic carbocycles. The zero-order valence-corrected chi connectivity index (χ0v) is 17.1. The standard InChI is InChI=1S/C24H20N2O5/c1-28-21-13-10-18(14-22(21)29-2)24-25-23(26-31-24)17-8-11-19(12-9-17)30-15-20(27)16-6-4-3-5-7-16/h3-14H,15H2,1-2H3. The lowest BCUT2D eigenvalue weighted by Crippen LogP contribution is -2.11. The van der Waals surface area contributed by atoms with E-state index in [2.05, 4.69) is 10.1 Å². The summed E-state index contributed by atoms with van der Waals surface area (Å²) >= 11 is 0. The summed E-state index contributed by atoms with van der Waals surface area (Å²) in [6.45, 7) is -0.0327. The molecule has 0 amide bonds. The van der Waals surface area contributed by atoms with Gasteiger partial charge < -0.3 is 18.7 Å². The van der Waals surface area contributed by atoms with Gasteiger partial charge in [0.1, 0.15) is 5.75 Å². The molecule has 0 saturated heterocycles. The molecule has 0 aliphatic carbocycles. The zero-order chi connectivity index (χ0) is 21.6. The molecule has 0 saturated carbocycles. The van der Waals surface area contributed by atoms with Gasteiger partial charge in [0.05, 0.1) is 14.2 Å². The van der Waals surface area contributed by atoms with Crippen molar-refractivity contribution in [2.24, 2.45) is 0 Å². The maximum atomic E-state index is 12.2. The van der Waals surface area contributed by atoms with Crippen LogP contribution in [0.15, 0.2) is 77.3 Å². The largest absolute Gasteiger partial charge is 0.493 e. The first-order valence-electron chi connectivity index (χ1n) is 9.55. The number of benzene rings is 3. The molecule has 31 heavy (non-hydrogen) atoms. The molecule has 0 aliphatic rings. The molecule has 0 spiro atoms. The smallest absolute Gasteiger partial charge is 0.258 e. The molecule has 0 N–H and O–H groups in total. The Bertz CT molecular complexity index is 1170. The summed E-state index contributed by atoms with van der Waals surface area (Å²) in [5.41, 5.74) is 2.10. The topological polar surface area (TPSA) is 83.7 Å². The molecular formula is C24H20N2O5. The van der Waals surface area contributed by atoms with Gasteiger partial charge in [-0.3, -0.25) is 4.79 Å². The summed E-state index contributed by atoms with van der Waals surface area (Å²) in [5, 5.41) is 4.05. The van der Waals surface area contributed by atoms with Gasteiger partial charge in [0, 0.05) is 16.7 Å². The normalized spacial score (nSPS) is 10.5. The minimum absolute atomic E-state index is 0.0327. The van der Waals surface area contributed by atoms with Gasteiger partial charge in [0.25, 0.3) is 5.89 Å². The van der Waals surface area contributed by atoms with Crippen LogP contribution >= 0.6 is 0 Å². The average Bonchev–Trinajstić information content (AvgIpc) is 3.33. The molecule has 4 rings (SSSR count). The van der Waals surface area contributed by atoms with Crippen molar-refractivity contribution in [3.05, 3.63) is 78.4 Å². The van der Waals surface area contributed by atoms with Gasteiger partial charge in [-0.05, 0) is 42.5 Å². The minimum Gasteiger partial charge on any atom is -0.493 e. The highest BCUT2D eigenvalue weighted by molar-refractivity contribution is 5.97. The van der Waals surface area contributed by atoms with E-state index in [9.17, 15) is 4.79 Å². The maximum absolute atomic E-state index is 12.2. The lowest BCUT2D eigenvalue weighted by molar-refractivity contribution is 0.0921. The van der Waals surface area contributed by atoms with E-state index in [0.29, 0.717) is 34.5 Å². The fourth-order valence-electron chi connectivity index (χ4n) is 2.98. The maximum Gasteiger partial charge on any atom is 0.258 e. The Kier molecular flexibility index (Phi) is 5.93. The van der Waals surface area contributed by atoms with Crippen LogP contribution in [0, 0.1) is 0 Å². The number of Topliss-reactive ketones (excluding diaryl/α,β-unsaturated/α-hetero) is 1. The van der Waals surface area contributed by atoms with Crippen molar-refractivity contribution >= 4 is 5.78 Å². The molecule has 0 unspecified atom stereocenters. The summed E-state index contributed by atoms with van der Waals surface area (Å²) in [6.07, 6.45) is 0. The number of rotatable bonds is 8. The van der Waals surface area contributed by atoms with E-state index in [-0.39, 0.29) is 12.4 Å². The highest BCUT2D eigenvalue weighted by Gasteiger charge is 2.14. The molecule has 7 heteroatoms. The van der Waals surface area contributed by atoms with Crippen molar-refractivity contribution in [1.29, 1.82) is 0 Å². The van der Waals surface area contributed by atoms with Gasteiger partial charge in [-0.15, -0.1) is 0 Å². The first-order chi connectivity index (χ1) is 15.2. The van der Waals surface area contributed by atoms with Crippen LogP contribution in [0.4, 0.5) is 0 Å². The van der Waals surface area contributed by atoms with Gasteiger partial charge in [0.15, 0.2) is 23.9 Å². The summed E-state index contributed by atoms with van der Waals surface area (Å²) < 4.78 is 21.6. The number of carbonyl (C=O) groups excluding carboxylic acids is 1. The number of ether oxygens (including phenoxy) is 3. The van der Waals surface area contributed by atoms with Crippen LogP contribution in [0.3, 0.4) is 0 Å². The average molecular weight is 416 g/mol. The van der Waals surface area contributed by atoms with Gasteiger partial charge in [-0.25, -0.2) is 0 Å². The van der Waals surface area contributed by atoms with E-state index >= 15 is 0 Å². The number of hydrogen-bond acceptors (Lipinski definition) is 7. The van der Waals surface area contributed by atoms with E-state index in [4.69, 9.17) is 18.7 Å². The molecule has 7 nitrogen and oxygen atoms in total. The van der Waals surface area contributed by atoms with Crippen molar-refractivity contribution in [2.45, 2.75) is 0 Å². The van der Waals surface area contributed by atoms with E-state index in [1.807, 2.05) is 36.4 Å². The fraction of sp³-hybridized carbons (Fsp3) is 0.125. The van der Waals surface area contributed by atoms with Gasteiger partial charge >= 0.3 is 0 Å². The second kappa shape index (κ2) is 9.13. The number of ketones is 1. The number of methoxy groups -OCH3 is 2. The van der Waals surface area contributed by atoms with Gasteiger partial charge in [-0.2, -0.15) is 4.98 Å². The van der Waals surface area contributed by atoms with Crippen LogP contribution in [0.5, 0.6) is 17.2 Å². The van der Waals surface area contributed by atoms with Crippen molar-refractivity contribution in [2.75, 3.05) is 20.8 Å².